The molecule has 1 heterocycles. The average Bonchev–Trinajstić information content (AvgIpc) is 3.42. The highest BCUT2D eigenvalue weighted by Crippen LogP contribution is 2.55. The van der Waals surface area contributed by atoms with E-state index in [0.717, 1.165) is 25.7 Å². The summed E-state index contributed by atoms with van der Waals surface area (Å²) in [5.41, 5.74) is 14.7. The van der Waals surface area contributed by atoms with Gasteiger partial charge in [0.25, 0.3) is 0 Å². The number of hydrogen-bond donors (Lipinski definition) is 1. The molecule has 0 aromatic heterocycles. The van der Waals surface area contributed by atoms with Crippen LogP contribution < -0.4 is 5.32 Å². The predicted molar refractivity (Wildman–Crippen MR) is 210 cm³/mol. The molecule has 4 aliphatic rings. The summed E-state index contributed by atoms with van der Waals surface area (Å²) in [4.78, 5) is 0. The van der Waals surface area contributed by atoms with E-state index in [1.54, 1.807) is 0 Å². The second-order valence-corrected chi connectivity index (χ2v) is 13.7. The highest BCUT2D eigenvalue weighted by atomic mass is 14.9. The van der Waals surface area contributed by atoms with E-state index < -0.39 is 0 Å². The van der Waals surface area contributed by atoms with Crippen molar-refractivity contribution in [2.75, 3.05) is 0 Å². The molecule has 244 valence electrons. The molecule has 4 atom stereocenters. The molecule has 1 aliphatic heterocycles. The SMILES string of the molecule is C=CCC(C=C)C1=CC(C2=CC(c3ccc(-c4ccc5c(c4)-c4ccccc4C5(C)C4=C(/C=C/C=C\C)C=CCC4)cc3)CC=C2)NC=C1. The predicted octanol–water partition coefficient (Wildman–Crippen LogP) is 12.2. The van der Waals surface area contributed by atoms with E-state index in [0.29, 0.717) is 11.8 Å². The molecule has 1 N–H and O–H groups in total. The first-order chi connectivity index (χ1) is 24.0. The third kappa shape index (κ3) is 6.15. The lowest BCUT2D eigenvalue weighted by atomic mass is 9.69. The standard InChI is InChI=1S/C48H47N/c1-5-8-9-16-37-17-10-12-21-44(37)48(4)45-22-13-11-20-42(45)43-32-39(27-28-46(43)48)36-25-23-35(24-26-36)38-18-14-19-41(31-38)47-33-40(29-30-49-47)34(7-3)15-6-2/h5-11,13-14,16-17,19-20,22-34,38,47,49H,2-3,12,15,18,21H2,1,4H3/b8-5-,16-9+. The maximum atomic E-state index is 4.06. The molecule has 3 aromatic rings. The molecule has 3 aliphatic carbocycles. The number of fused-ring (bicyclic) bond motifs is 3. The summed E-state index contributed by atoms with van der Waals surface area (Å²) in [7, 11) is 0. The molecule has 0 spiro atoms. The van der Waals surface area contributed by atoms with Gasteiger partial charge in [0.1, 0.15) is 0 Å². The average molecular weight is 638 g/mol. The fourth-order valence-corrected chi connectivity index (χ4v) is 8.26. The highest BCUT2D eigenvalue weighted by Gasteiger charge is 2.42. The Morgan fingerprint density at radius 3 is 2.51 bits per heavy atom. The first-order valence-electron chi connectivity index (χ1n) is 17.9. The summed E-state index contributed by atoms with van der Waals surface area (Å²) in [6.07, 6.45) is 35.0. The van der Waals surface area contributed by atoms with Crippen LogP contribution in [0.3, 0.4) is 0 Å². The van der Waals surface area contributed by atoms with Gasteiger partial charge in [-0.3, -0.25) is 0 Å². The quantitative estimate of drug-likeness (QED) is 0.172. The molecule has 0 fully saturated rings. The zero-order valence-corrected chi connectivity index (χ0v) is 28.9. The van der Waals surface area contributed by atoms with E-state index in [4.69, 9.17) is 0 Å². The molecule has 0 saturated carbocycles. The van der Waals surface area contributed by atoms with E-state index >= 15 is 0 Å². The fraction of sp³-hybridized carbons (Fsp3) is 0.208. The minimum absolute atomic E-state index is 0.159. The Morgan fingerprint density at radius 1 is 0.878 bits per heavy atom. The molecule has 0 amide bonds. The maximum absolute atomic E-state index is 4.06. The van der Waals surface area contributed by atoms with Crippen molar-refractivity contribution in [1.29, 1.82) is 0 Å². The van der Waals surface area contributed by atoms with Crippen LogP contribution in [0.5, 0.6) is 0 Å². The van der Waals surface area contributed by atoms with Gasteiger partial charge in [-0.25, -0.2) is 0 Å². The maximum Gasteiger partial charge on any atom is 0.0695 e. The lowest BCUT2D eigenvalue weighted by molar-refractivity contribution is 0.644. The Kier molecular flexibility index (Phi) is 9.36. The topological polar surface area (TPSA) is 12.0 Å². The van der Waals surface area contributed by atoms with Crippen LogP contribution in [-0.4, -0.2) is 6.04 Å². The molecular formula is C48H47N. The molecule has 1 nitrogen and oxygen atoms in total. The molecular weight excluding hydrogens is 591 g/mol. The zero-order valence-electron chi connectivity index (χ0n) is 28.9. The summed E-state index contributed by atoms with van der Waals surface area (Å²) < 4.78 is 0. The first-order valence-corrected chi connectivity index (χ1v) is 17.9. The van der Waals surface area contributed by atoms with Crippen LogP contribution in [0.2, 0.25) is 0 Å². The number of benzene rings is 3. The van der Waals surface area contributed by atoms with Crippen molar-refractivity contribution in [1.82, 2.24) is 5.32 Å². The Morgan fingerprint density at radius 2 is 1.69 bits per heavy atom. The van der Waals surface area contributed by atoms with Crippen molar-refractivity contribution in [3.05, 3.63) is 204 Å². The van der Waals surface area contributed by atoms with E-state index in [9.17, 15) is 0 Å². The number of allylic oxidation sites excluding steroid dienone is 14. The minimum atomic E-state index is -0.162. The monoisotopic (exact) mass is 637 g/mol. The van der Waals surface area contributed by atoms with Gasteiger partial charge >= 0.3 is 0 Å². The number of nitrogens with one attached hydrogen (secondary N) is 1. The molecule has 3 aromatic carbocycles. The summed E-state index contributed by atoms with van der Waals surface area (Å²) in [5.74, 6) is 0.643. The van der Waals surface area contributed by atoms with Crippen molar-refractivity contribution in [3.63, 3.8) is 0 Å². The largest absolute Gasteiger partial charge is 0.381 e. The number of dihydropyridines is 1. The van der Waals surface area contributed by atoms with Crippen LogP contribution in [-0.2, 0) is 5.41 Å². The third-order valence-electron chi connectivity index (χ3n) is 10.9. The van der Waals surface area contributed by atoms with Gasteiger partial charge < -0.3 is 5.32 Å². The zero-order chi connectivity index (χ0) is 33.8. The van der Waals surface area contributed by atoms with Gasteiger partial charge in [-0.05, 0) is 119 Å². The molecule has 0 radical (unpaired) electrons. The molecule has 7 rings (SSSR count). The summed E-state index contributed by atoms with van der Waals surface area (Å²) >= 11 is 0. The van der Waals surface area contributed by atoms with Crippen molar-refractivity contribution < 1.29 is 0 Å². The van der Waals surface area contributed by atoms with Crippen molar-refractivity contribution in [3.8, 4) is 22.3 Å². The Balaban J connectivity index is 1.18. The van der Waals surface area contributed by atoms with Gasteiger partial charge in [-0.2, -0.15) is 0 Å². The van der Waals surface area contributed by atoms with E-state index in [-0.39, 0.29) is 11.5 Å². The second-order valence-electron chi connectivity index (χ2n) is 13.7. The van der Waals surface area contributed by atoms with Crippen molar-refractivity contribution in [2.45, 2.75) is 56.9 Å². The van der Waals surface area contributed by atoms with Gasteiger partial charge in [-0.1, -0.05) is 134 Å². The van der Waals surface area contributed by atoms with Gasteiger partial charge in [0.2, 0.25) is 0 Å². The van der Waals surface area contributed by atoms with E-state index in [2.05, 4.69) is 172 Å². The molecule has 1 heteroatoms. The minimum Gasteiger partial charge on any atom is -0.381 e. The summed E-state index contributed by atoms with van der Waals surface area (Å²) in [6.45, 7) is 12.5. The highest BCUT2D eigenvalue weighted by molar-refractivity contribution is 5.86. The van der Waals surface area contributed by atoms with Crippen molar-refractivity contribution >= 4 is 0 Å². The van der Waals surface area contributed by atoms with Gasteiger partial charge in [0.15, 0.2) is 0 Å². The second kappa shape index (κ2) is 14.1. The van der Waals surface area contributed by atoms with Crippen LogP contribution in [0.15, 0.2) is 187 Å². The van der Waals surface area contributed by atoms with Gasteiger partial charge in [0, 0.05) is 17.3 Å². The Labute approximate surface area is 293 Å². The lowest BCUT2D eigenvalue weighted by Crippen LogP contribution is -2.28. The van der Waals surface area contributed by atoms with Crippen LogP contribution in [0.1, 0.15) is 62.1 Å². The molecule has 0 saturated heterocycles. The molecule has 4 unspecified atom stereocenters. The van der Waals surface area contributed by atoms with Crippen molar-refractivity contribution in [2.24, 2.45) is 5.92 Å². The van der Waals surface area contributed by atoms with Crippen LogP contribution in [0, 0.1) is 5.92 Å². The van der Waals surface area contributed by atoms with Crippen LogP contribution >= 0.6 is 0 Å². The lowest BCUT2D eigenvalue weighted by Gasteiger charge is -2.33. The van der Waals surface area contributed by atoms with Crippen LogP contribution in [0.4, 0.5) is 0 Å². The summed E-state index contributed by atoms with van der Waals surface area (Å²) in [5, 5.41) is 3.56. The first kappa shape index (κ1) is 32.4. The molecule has 0 bridgehead atoms. The molecule has 49 heavy (non-hydrogen) atoms. The normalized spacial score (nSPS) is 23.2. The van der Waals surface area contributed by atoms with E-state index in [1.165, 1.54) is 61.2 Å². The smallest absolute Gasteiger partial charge is 0.0695 e. The van der Waals surface area contributed by atoms with Crippen LogP contribution in [0.25, 0.3) is 22.3 Å². The van der Waals surface area contributed by atoms with Gasteiger partial charge in [-0.15, -0.1) is 13.2 Å². The third-order valence-corrected chi connectivity index (χ3v) is 10.9. The summed E-state index contributed by atoms with van der Waals surface area (Å²) in [6, 6.07) is 25.7. The Hall–Kier alpha value is -5.14. The van der Waals surface area contributed by atoms with E-state index in [1.807, 2.05) is 12.2 Å². The van der Waals surface area contributed by atoms with Gasteiger partial charge in [0.05, 0.1) is 6.04 Å². The number of hydrogen-bond acceptors (Lipinski definition) is 1. The fourth-order valence-electron chi connectivity index (χ4n) is 8.26. The number of rotatable bonds is 10. The Bertz CT molecular complexity index is 2000.